The highest BCUT2D eigenvalue weighted by molar-refractivity contribution is 5.23. The predicted octanol–water partition coefficient (Wildman–Crippen LogP) is 3.66. The van der Waals surface area contributed by atoms with Gasteiger partial charge in [0.25, 0.3) is 0 Å². The Kier molecular flexibility index (Phi) is 4.86. The normalized spacial score (nSPS) is 28.9. The maximum Gasteiger partial charge on any atom is 0.123 e. The first-order valence-electron chi connectivity index (χ1n) is 9.36. The van der Waals surface area contributed by atoms with Crippen LogP contribution in [0.1, 0.15) is 49.5 Å². The summed E-state index contributed by atoms with van der Waals surface area (Å²) in [6.45, 7) is 4.81. The first kappa shape index (κ1) is 16.7. The van der Waals surface area contributed by atoms with Gasteiger partial charge in [-0.25, -0.2) is 4.39 Å². The van der Waals surface area contributed by atoms with Gasteiger partial charge in [-0.15, -0.1) is 0 Å². The Morgan fingerprint density at radius 3 is 2.80 bits per heavy atom. The standard InChI is InChI=1S/C20H26FN3O/c1-2-24-19(7-9-23-24)20-15(8-10-25-20)13-22-18-11-16(12-18)14-3-5-17(21)6-4-14/h3-7,9,15-16,18,20,22H,2,8,10-13H2,1H3/t15-,16?,18?,20+/m0/s1. The molecule has 0 amide bonds. The zero-order valence-electron chi connectivity index (χ0n) is 14.7. The number of nitrogens with zero attached hydrogens (tertiary/aromatic N) is 2. The van der Waals surface area contributed by atoms with Crippen LogP contribution in [0.5, 0.6) is 0 Å². The molecule has 0 radical (unpaired) electrons. The average molecular weight is 343 g/mol. The quantitative estimate of drug-likeness (QED) is 0.870. The van der Waals surface area contributed by atoms with E-state index >= 15 is 0 Å². The van der Waals surface area contributed by atoms with Gasteiger partial charge in [-0.2, -0.15) is 5.10 Å². The largest absolute Gasteiger partial charge is 0.372 e. The molecule has 4 nitrogen and oxygen atoms in total. The lowest BCUT2D eigenvalue weighted by molar-refractivity contribution is 0.0811. The van der Waals surface area contributed by atoms with E-state index in [0.717, 1.165) is 39.0 Å². The van der Waals surface area contributed by atoms with E-state index in [4.69, 9.17) is 4.74 Å². The molecule has 0 spiro atoms. The summed E-state index contributed by atoms with van der Waals surface area (Å²) >= 11 is 0. The molecule has 1 saturated heterocycles. The van der Waals surface area contributed by atoms with Crippen LogP contribution in [0.15, 0.2) is 36.5 Å². The summed E-state index contributed by atoms with van der Waals surface area (Å²) in [5, 5.41) is 8.09. The van der Waals surface area contributed by atoms with Crippen LogP contribution in [-0.2, 0) is 11.3 Å². The molecule has 2 fully saturated rings. The SMILES string of the molecule is CCn1nccc1[C@@H]1OCC[C@H]1CNC1CC(c2ccc(F)cc2)C1. The summed E-state index contributed by atoms with van der Waals surface area (Å²) in [6, 6.07) is 9.61. The van der Waals surface area contributed by atoms with Crippen molar-refractivity contribution in [2.75, 3.05) is 13.2 Å². The molecule has 1 saturated carbocycles. The fraction of sp³-hybridized carbons (Fsp3) is 0.550. The second kappa shape index (κ2) is 7.26. The van der Waals surface area contributed by atoms with Crippen molar-refractivity contribution in [1.82, 2.24) is 15.1 Å². The van der Waals surface area contributed by atoms with Gasteiger partial charge in [0, 0.05) is 37.9 Å². The Morgan fingerprint density at radius 2 is 2.04 bits per heavy atom. The Bertz CT molecular complexity index is 693. The monoisotopic (exact) mass is 343 g/mol. The van der Waals surface area contributed by atoms with Crippen molar-refractivity contribution >= 4 is 0 Å². The highest BCUT2D eigenvalue weighted by atomic mass is 19.1. The van der Waals surface area contributed by atoms with Crippen LogP contribution in [0.4, 0.5) is 4.39 Å². The fourth-order valence-corrected chi connectivity index (χ4v) is 4.13. The summed E-state index contributed by atoms with van der Waals surface area (Å²) < 4.78 is 21.1. The van der Waals surface area contributed by atoms with Crippen LogP contribution in [-0.4, -0.2) is 29.0 Å². The van der Waals surface area contributed by atoms with Crippen molar-refractivity contribution in [3.63, 3.8) is 0 Å². The maximum absolute atomic E-state index is 13.0. The topological polar surface area (TPSA) is 39.1 Å². The number of hydrogen-bond donors (Lipinski definition) is 1. The zero-order valence-corrected chi connectivity index (χ0v) is 14.7. The third-order valence-corrected chi connectivity index (χ3v) is 5.70. The van der Waals surface area contributed by atoms with E-state index in [1.165, 1.54) is 11.3 Å². The molecule has 0 bridgehead atoms. The number of benzene rings is 1. The molecule has 1 aliphatic carbocycles. The molecule has 1 aromatic carbocycles. The molecule has 5 heteroatoms. The molecule has 1 aromatic heterocycles. The van der Waals surface area contributed by atoms with E-state index in [9.17, 15) is 4.39 Å². The van der Waals surface area contributed by atoms with Crippen molar-refractivity contribution in [3.05, 3.63) is 53.6 Å². The van der Waals surface area contributed by atoms with Gasteiger partial charge in [0.15, 0.2) is 0 Å². The van der Waals surface area contributed by atoms with E-state index in [1.54, 1.807) is 12.1 Å². The molecule has 2 aromatic rings. The number of nitrogens with one attached hydrogen (secondary N) is 1. The maximum atomic E-state index is 13.0. The van der Waals surface area contributed by atoms with E-state index in [-0.39, 0.29) is 11.9 Å². The third kappa shape index (κ3) is 3.48. The average Bonchev–Trinajstić information content (AvgIpc) is 3.22. The minimum atomic E-state index is -0.156. The molecular formula is C20H26FN3O. The van der Waals surface area contributed by atoms with Crippen molar-refractivity contribution in [1.29, 1.82) is 0 Å². The van der Waals surface area contributed by atoms with Gasteiger partial charge in [0.05, 0.1) is 5.69 Å². The van der Waals surface area contributed by atoms with E-state index in [2.05, 4.69) is 23.4 Å². The highest BCUT2D eigenvalue weighted by Crippen LogP contribution is 2.38. The highest BCUT2D eigenvalue weighted by Gasteiger charge is 2.34. The van der Waals surface area contributed by atoms with Crippen LogP contribution in [0, 0.1) is 11.7 Å². The second-order valence-electron chi connectivity index (χ2n) is 7.24. The van der Waals surface area contributed by atoms with Crippen molar-refractivity contribution in [2.45, 2.75) is 50.8 Å². The molecule has 1 aliphatic heterocycles. The number of aromatic nitrogens is 2. The summed E-state index contributed by atoms with van der Waals surface area (Å²) in [4.78, 5) is 0. The van der Waals surface area contributed by atoms with E-state index in [1.807, 2.05) is 23.0 Å². The van der Waals surface area contributed by atoms with Crippen molar-refractivity contribution in [2.24, 2.45) is 5.92 Å². The van der Waals surface area contributed by atoms with Gasteiger partial charge < -0.3 is 10.1 Å². The molecule has 1 N–H and O–H groups in total. The Morgan fingerprint density at radius 1 is 1.24 bits per heavy atom. The first-order valence-corrected chi connectivity index (χ1v) is 9.36. The van der Waals surface area contributed by atoms with Gasteiger partial charge in [0.2, 0.25) is 0 Å². The summed E-state index contributed by atoms with van der Waals surface area (Å²) in [5.41, 5.74) is 2.46. The number of hydrogen-bond acceptors (Lipinski definition) is 3. The van der Waals surface area contributed by atoms with Crippen LogP contribution in [0.3, 0.4) is 0 Å². The third-order valence-electron chi connectivity index (χ3n) is 5.70. The molecule has 2 aliphatic rings. The number of halogens is 1. The Hall–Kier alpha value is -1.72. The van der Waals surface area contributed by atoms with Gasteiger partial charge >= 0.3 is 0 Å². The van der Waals surface area contributed by atoms with Crippen LogP contribution >= 0.6 is 0 Å². The van der Waals surface area contributed by atoms with Crippen LogP contribution in [0.2, 0.25) is 0 Å². The van der Waals surface area contributed by atoms with Gasteiger partial charge in [-0.1, -0.05) is 12.1 Å². The summed E-state index contributed by atoms with van der Waals surface area (Å²) in [5.74, 6) is 0.915. The summed E-state index contributed by atoms with van der Waals surface area (Å²) in [6.07, 6.45) is 5.39. The lowest BCUT2D eigenvalue weighted by Crippen LogP contribution is -2.42. The molecule has 25 heavy (non-hydrogen) atoms. The van der Waals surface area contributed by atoms with Gasteiger partial charge in [-0.3, -0.25) is 4.68 Å². The molecule has 134 valence electrons. The van der Waals surface area contributed by atoms with Crippen molar-refractivity contribution in [3.8, 4) is 0 Å². The number of ether oxygens (including phenoxy) is 1. The van der Waals surface area contributed by atoms with Crippen LogP contribution < -0.4 is 5.32 Å². The Labute approximate surface area is 148 Å². The molecule has 4 rings (SSSR count). The van der Waals surface area contributed by atoms with E-state index in [0.29, 0.717) is 17.9 Å². The van der Waals surface area contributed by atoms with Crippen molar-refractivity contribution < 1.29 is 9.13 Å². The minimum absolute atomic E-state index is 0.155. The molecule has 2 atom stereocenters. The second-order valence-corrected chi connectivity index (χ2v) is 7.24. The van der Waals surface area contributed by atoms with Gasteiger partial charge in [0.1, 0.15) is 11.9 Å². The number of rotatable bonds is 6. The lowest BCUT2D eigenvalue weighted by atomic mass is 9.75. The molecule has 0 unspecified atom stereocenters. The minimum Gasteiger partial charge on any atom is -0.372 e. The molecular weight excluding hydrogens is 317 g/mol. The lowest BCUT2D eigenvalue weighted by Gasteiger charge is -2.37. The van der Waals surface area contributed by atoms with Crippen LogP contribution in [0.25, 0.3) is 0 Å². The predicted molar refractivity (Wildman–Crippen MR) is 94.9 cm³/mol. The van der Waals surface area contributed by atoms with Gasteiger partial charge in [-0.05, 0) is 55.9 Å². The molecule has 2 heterocycles. The fourth-order valence-electron chi connectivity index (χ4n) is 4.13. The smallest absolute Gasteiger partial charge is 0.123 e. The van der Waals surface area contributed by atoms with E-state index < -0.39 is 0 Å². The number of aryl methyl sites for hydroxylation is 1. The Balaban J connectivity index is 1.28. The summed E-state index contributed by atoms with van der Waals surface area (Å²) in [7, 11) is 0. The zero-order chi connectivity index (χ0) is 17.2. The first-order chi connectivity index (χ1) is 12.2.